The molecule has 1 aromatic carbocycles. The Balaban J connectivity index is 1.47. The van der Waals surface area contributed by atoms with Gasteiger partial charge in [-0.3, -0.25) is 4.79 Å². The molecular weight excluding hydrogens is 327 g/mol. The summed E-state index contributed by atoms with van der Waals surface area (Å²) in [4.78, 5) is 22.3. The summed E-state index contributed by atoms with van der Waals surface area (Å²) < 4.78 is 24.4. The number of amides is 1. The van der Waals surface area contributed by atoms with Gasteiger partial charge in [0, 0.05) is 19.2 Å². The Labute approximate surface area is 144 Å². The summed E-state index contributed by atoms with van der Waals surface area (Å²) in [6.45, 7) is 3.35. The lowest BCUT2D eigenvalue weighted by atomic mass is 10.2. The summed E-state index contributed by atoms with van der Waals surface area (Å²) in [7, 11) is 0. The van der Waals surface area contributed by atoms with Crippen LogP contribution in [0.1, 0.15) is 10.4 Å². The molecule has 8 heteroatoms. The van der Waals surface area contributed by atoms with Crippen LogP contribution in [0, 0.1) is 5.82 Å². The molecule has 1 aliphatic heterocycles. The minimum absolute atomic E-state index is 0.0131. The highest BCUT2D eigenvalue weighted by molar-refractivity contribution is 5.94. The molecule has 1 amide bonds. The number of nitrogens with one attached hydrogen (secondary N) is 1. The predicted molar refractivity (Wildman–Crippen MR) is 89.3 cm³/mol. The molecule has 0 unspecified atom stereocenters. The number of carbonyl (C=O) groups excluding carboxylic acids is 1. The first-order valence-electron chi connectivity index (χ1n) is 8.04. The predicted octanol–water partition coefficient (Wildman–Crippen LogP) is 1.26. The zero-order valence-corrected chi connectivity index (χ0v) is 13.7. The Hall–Kier alpha value is -2.74. The molecular formula is C17H19FN4O3. The molecule has 1 N–H and O–H groups in total. The van der Waals surface area contributed by atoms with Gasteiger partial charge in [0.15, 0.2) is 0 Å². The fourth-order valence-electron chi connectivity index (χ4n) is 2.43. The van der Waals surface area contributed by atoms with Gasteiger partial charge < -0.3 is 19.7 Å². The van der Waals surface area contributed by atoms with Crippen LogP contribution in [0.5, 0.6) is 5.88 Å². The second-order valence-corrected chi connectivity index (χ2v) is 5.40. The van der Waals surface area contributed by atoms with Crippen LogP contribution >= 0.6 is 0 Å². The van der Waals surface area contributed by atoms with Gasteiger partial charge in [0.25, 0.3) is 5.91 Å². The summed E-state index contributed by atoms with van der Waals surface area (Å²) in [6.07, 6.45) is 1.44. The number of hydrogen-bond donors (Lipinski definition) is 1. The fraction of sp³-hybridized carbons (Fsp3) is 0.353. The van der Waals surface area contributed by atoms with E-state index in [1.807, 2.05) is 0 Å². The quantitative estimate of drug-likeness (QED) is 0.794. The standard InChI is InChI=1S/C17H19FN4O3/c18-14-4-2-1-3-13(14)17(23)19-5-8-25-16-11-15(20-12-21-16)22-6-9-24-10-7-22/h1-4,11-12H,5-10H2,(H,19,23). The SMILES string of the molecule is O=C(NCCOc1cc(N2CCOCC2)ncn1)c1ccccc1F. The second-order valence-electron chi connectivity index (χ2n) is 5.40. The van der Waals surface area contributed by atoms with Crippen molar-refractivity contribution in [2.75, 3.05) is 44.4 Å². The van der Waals surface area contributed by atoms with Crippen molar-refractivity contribution in [1.29, 1.82) is 0 Å². The zero-order valence-electron chi connectivity index (χ0n) is 13.7. The van der Waals surface area contributed by atoms with Crippen LogP contribution < -0.4 is 15.0 Å². The maximum atomic E-state index is 13.5. The summed E-state index contributed by atoms with van der Waals surface area (Å²) in [6, 6.07) is 7.59. The number of anilines is 1. The number of benzene rings is 1. The van der Waals surface area contributed by atoms with Gasteiger partial charge in [0.2, 0.25) is 5.88 Å². The number of hydrogen-bond acceptors (Lipinski definition) is 6. The van der Waals surface area contributed by atoms with Crippen molar-refractivity contribution in [2.24, 2.45) is 0 Å². The highest BCUT2D eigenvalue weighted by Crippen LogP contribution is 2.16. The molecule has 0 bridgehead atoms. The molecule has 0 saturated carbocycles. The van der Waals surface area contributed by atoms with Crippen LogP contribution in [0.2, 0.25) is 0 Å². The summed E-state index contributed by atoms with van der Waals surface area (Å²) in [5.41, 5.74) is 0.0131. The lowest BCUT2D eigenvalue weighted by molar-refractivity contribution is 0.0942. The van der Waals surface area contributed by atoms with Crippen molar-refractivity contribution < 1.29 is 18.7 Å². The number of nitrogens with zero attached hydrogens (tertiary/aromatic N) is 3. The van der Waals surface area contributed by atoms with E-state index in [4.69, 9.17) is 9.47 Å². The van der Waals surface area contributed by atoms with E-state index in [1.54, 1.807) is 12.1 Å². The minimum atomic E-state index is -0.549. The maximum absolute atomic E-state index is 13.5. The molecule has 1 fully saturated rings. The zero-order chi connectivity index (χ0) is 17.5. The Morgan fingerprint density at radius 1 is 1.28 bits per heavy atom. The second kappa shape index (κ2) is 8.39. The number of rotatable bonds is 6. The van der Waals surface area contributed by atoms with Gasteiger partial charge in [-0.05, 0) is 12.1 Å². The van der Waals surface area contributed by atoms with E-state index >= 15 is 0 Å². The van der Waals surface area contributed by atoms with Crippen LogP contribution in [0.4, 0.5) is 10.2 Å². The van der Waals surface area contributed by atoms with Gasteiger partial charge in [0.1, 0.15) is 24.6 Å². The number of morpholine rings is 1. The van der Waals surface area contributed by atoms with Gasteiger partial charge >= 0.3 is 0 Å². The highest BCUT2D eigenvalue weighted by atomic mass is 19.1. The lowest BCUT2D eigenvalue weighted by Gasteiger charge is -2.27. The third-order valence-corrected chi connectivity index (χ3v) is 3.72. The van der Waals surface area contributed by atoms with Crippen molar-refractivity contribution in [3.63, 3.8) is 0 Å². The highest BCUT2D eigenvalue weighted by Gasteiger charge is 2.13. The molecule has 0 aliphatic carbocycles. The molecule has 1 saturated heterocycles. The van der Waals surface area contributed by atoms with Crippen molar-refractivity contribution in [1.82, 2.24) is 15.3 Å². The lowest BCUT2D eigenvalue weighted by Crippen LogP contribution is -2.36. The maximum Gasteiger partial charge on any atom is 0.254 e. The van der Waals surface area contributed by atoms with E-state index in [1.165, 1.54) is 24.5 Å². The first kappa shape index (κ1) is 17.1. The average molecular weight is 346 g/mol. The van der Waals surface area contributed by atoms with E-state index in [0.29, 0.717) is 19.1 Å². The summed E-state index contributed by atoms with van der Waals surface area (Å²) in [5, 5.41) is 2.61. The smallest absolute Gasteiger partial charge is 0.254 e. The average Bonchev–Trinajstić information content (AvgIpc) is 2.66. The summed E-state index contributed by atoms with van der Waals surface area (Å²) >= 11 is 0. The Morgan fingerprint density at radius 3 is 2.88 bits per heavy atom. The molecule has 2 heterocycles. The third-order valence-electron chi connectivity index (χ3n) is 3.72. The molecule has 3 rings (SSSR count). The van der Waals surface area contributed by atoms with Crippen LogP contribution in [0.25, 0.3) is 0 Å². The molecule has 132 valence electrons. The minimum Gasteiger partial charge on any atom is -0.476 e. The molecule has 25 heavy (non-hydrogen) atoms. The van der Waals surface area contributed by atoms with Crippen molar-refractivity contribution in [3.8, 4) is 5.88 Å². The van der Waals surface area contributed by atoms with Crippen molar-refractivity contribution in [2.45, 2.75) is 0 Å². The Morgan fingerprint density at radius 2 is 2.08 bits per heavy atom. The van der Waals surface area contributed by atoms with E-state index in [-0.39, 0.29) is 18.7 Å². The third kappa shape index (κ3) is 4.63. The summed E-state index contributed by atoms with van der Waals surface area (Å²) in [5.74, 6) is 0.186. The van der Waals surface area contributed by atoms with E-state index in [0.717, 1.165) is 18.9 Å². The normalized spacial score (nSPS) is 14.2. The molecule has 0 radical (unpaired) electrons. The molecule has 7 nitrogen and oxygen atoms in total. The first-order chi connectivity index (χ1) is 12.2. The van der Waals surface area contributed by atoms with Gasteiger partial charge in [-0.15, -0.1) is 0 Å². The molecule has 0 spiro atoms. The van der Waals surface area contributed by atoms with Gasteiger partial charge in [-0.2, -0.15) is 0 Å². The Bertz CT molecular complexity index is 723. The first-order valence-corrected chi connectivity index (χ1v) is 8.04. The molecule has 1 aromatic heterocycles. The van der Waals surface area contributed by atoms with Gasteiger partial charge in [-0.1, -0.05) is 12.1 Å². The molecule has 1 aliphatic rings. The van der Waals surface area contributed by atoms with Crippen LogP contribution in [0.3, 0.4) is 0 Å². The van der Waals surface area contributed by atoms with Crippen molar-refractivity contribution >= 4 is 11.7 Å². The number of carbonyl (C=O) groups is 1. The number of ether oxygens (including phenoxy) is 2. The van der Waals surface area contributed by atoms with Crippen LogP contribution in [-0.4, -0.2) is 55.3 Å². The van der Waals surface area contributed by atoms with Crippen LogP contribution in [-0.2, 0) is 4.74 Å². The van der Waals surface area contributed by atoms with Gasteiger partial charge in [0.05, 0.1) is 25.3 Å². The van der Waals surface area contributed by atoms with Crippen LogP contribution in [0.15, 0.2) is 36.7 Å². The van der Waals surface area contributed by atoms with E-state index in [2.05, 4.69) is 20.2 Å². The van der Waals surface area contributed by atoms with E-state index < -0.39 is 11.7 Å². The molecule has 0 atom stereocenters. The fourth-order valence-corrected chi connectivity index (χ4v) is 2.43. The van der Waals surface area contributed by atoms with E-state index in [9.17, 15) is 9.18 Å². The van der Waals surface area contributed by atoms with Gasteiger partial charge in [-0.25, -0.2) is 14.4 Å². The number of aromatic nitrogens is 2. The number of halogens is 1. The largest absolute Gasteiger partial charge is 0.476 e. The Kier molecular flexibility index (Phi) is 5.73. The topological polar surface area (TPSA) is 76.6 Å². The van der Waals surface area contributed by atoms with Crippen molar-refractivity contribution in [3.05, 3.63) is 48.0 Å². The molecule has 2 aromatic rings. The monoisotopic (exact) mass is 346 g/mol.